The summed E-state index contributed by atoms with van der Waals surface area (Å²) >= 11 is 0. The van der Waals surface area contributed by atoms with Gasteiger partial charge in [-0.1, -0.05) is 6.07 Å². The van der Waals surface area contributed by atoms with E-state index in [1.807, 2.05) is 31.2 Å². The molecule has 0 saturated heterocycles. The number of anilines is 1. The van der Waals surface area contributed by atoms with E-state index < -0.39 is 11.9 Å². The van der Waals surface area contributed by atoms with Crippen molar-refractivity contribution in [2.24, 2.45) is 0 Å². The Hall–Kier alpha value is -3.29. The normalized spacial score (nSPS) is 10.1. The molecule has 0 amide bonds. The number of aryl methyl sites for hydroxylation is 1. The lowest BCUT2D eigenvalue weighted by atomic mass is 10.3. The smallest absolute Gasteiger partial charge is 0.347 e. The van der Waals surface area contributed by atoms with E-state index in [2.05, 4.69) is 10.4 Å². The minimum atomic E-state index is -0.757. The third-order valence-corrected chi connectivity index (χ3v) is 3.48. The highest BCUT2D eigenvalue weighted by molar-refractivity contribution is 6.14. The molecule has 0 atom stereocenters. The van der Waals surface area contributed by atoms with Gasteiger partial charge >= 0.3 is 11.9 Å². The summed E-state index contributed by atoms with van der Waals surface area (Å²) < 4.78 is 16.7. The van der Waals surface area contributed by atoms with Crippen molar-refractivity contribution >= 4 is 17.8 Å². The molecule has 1 aromatic carbocycles. The second-order valence-corrected chi connectivity index (χ2v) is 5.43. The number of benzene rings is 1. The lowest BCUT2D eigenvalue weighted by Gasteiger charge is -2.10. The van der Waals surface area contributed by atoms with Crippen LogP contribution in [0.5, 0.6) is 5.75 Å². The number of rotatable bonds is 8. The summed E-state index contributed by atoms with van der Waals surface area (Å²) in [5, 5.41) is 7.38. The Bertz CT molecular complexity index is 822. The van der Waals surface area contributed by atoms with Crippen LogP contribution in [-0.4, -0.2) is 42.0 Å². The number of ether oxygens (including phenoxy) is 3. The number of carbonyl (C=O) groups is 2. The second-order valence-electron chi connectivity index (χ2n) is 5.43. The third-order valence-electron chi connectivity index (χ3n) is 3.48. The van der Waals surface area contributed by atoms with Crippen LogP contribution in [0.4, 0.5) is 5.82 Å². The lowest BCUT2D eigenvalue weighted by Crippen LogP contribution is -2.19. The fourth-order valence-corrected chi connectivity index (χ4v) is 2.31. The molecule has 27 heavy (non-hydrogen) atoms. The second kappa shape index (κ2) is 9.42. The number of hydrogen-bond acceptors (Lipinski definition) is 7. The van der Waals surface area contributed by atoms with Crippen LogP contribution >= 0.6 is 0 Å². The van der Waals surface area contributed by atoms with Gasteiger partial charge in [-0.2, -0.15) is 5.10 Å². The maximum Gasteiger partial charge on any atom is 0.347 e. The molecule has 0 radical (unpaired) electrons. The Balaban J connectivity index is 2.35. The number of methoxy groups -OCH3 is 1. The fraction of sp³-hybridized carbons (Fsp3) is 0.316. The van der Waals surface area contributed by atoms with E-state index in [1.165, 1.54) is 6.20 Å². The summed E-state index contributed by atoms with van der Waals surface area (Å²) in [7, 11) is 1.58. The molecule has 1 aromatic heterocycles. The first-order valence-electron chi connectivity index (χ1n) is 8.52. The van der Waals surface area contributed by atoms with Crippen LogP contribution in [0.15, 0.2) is 42.1 Å². The van der Waals surface area contributed by atoms with Crippen LogP contribution in [0.3, 0.4) is 0 Å². The highest BCUT2D eigenvalue weighted by Gasteiger charge is 2.21. The fourth-order valence-electron chi connectivity index (χ4n) is 2.31. The zero-order valence-corrected chi connectivity index (χ0v) is 15.8. The Kier molecular flexibility index (Phi) is 6.99. The monoisotopic (exact) mass is 373 g/mol. The van der Waals surface area contributed by atoms with Crippen LogP contribution in [0, 0.1) is 6.92 Å². The molecule has 0 saturated carbocycles. The van der Waals surface area contributed by atoms with Crippen LogP contribution in [0.1, 0.15) is 19.5 Å². The van der Waals surface area contributed by atoms with Gasteiger partial charge in [-0.3, -0.25) is 0 Å². The molecule has 0 aliphatic rings. The maximum atomic E-state index is 12.1. The summed E-state index contributed by atoms with van der Waals surface area (Å²) in [5.74, 6) is -0.270. The number of esters is 2. The summed E-state index contributed by atoms with van der Waals surface area (Å²) in [6, 6.07) is 9.13. The van der Waals surface area contributed by atoms with E-state index in [1.54, 1.807) is 31.7 Å². The van der Waals surface area contributed by atoms with Crippen LogP contribution in [-0.2, 0) is 19.1 Å². The Morgan fingerprint density at radius 3 is 2.41 bits per heavy atom. The molecule has 2 rings (SSSR count). The van der Waals surface area contributed by atoms with Gasteiger partial charge in [-0.15, -0.1) is 0 Å². The average molecular weight is 373 g/mol. The molecule has 0 fully saturated rings. The third kappa shape index (κ3) is 5.10. The van der Waals surface area contributed by atoms with E-state index in [4.69, 9.17) is 14.2 Å². The van der Waals surface area contributed by atoms with Crippen LogP contribution in [0.25, 0.3) is 5.69 Å². The summed E-state index contributed by atoms with van der Waals surface area (Å²) in [6.07, 6.45) is 1.27. The van der Waals surface area contributed by atoms with E-state index in [0.29, 0.717) is 11.6 Å². The summed E-state index contributed by atoms with van der Waals surface area (Å²) in [5.41, 5.74) is 1.28. The van der Waals surface area contributed by atoms with Crippen LogP contribution < -0.4 is 10.1 Å². The van der Waals surface area contributed by atoms with Crippen LogP contribution in [0.2, 0.25) is 0 Å². The first-order valence-corrected chi connectivity index (χ1v) is 8.52. The van der Waals surface area contributed by atoms with E-state index in [-0.39, 0.29) is 18.8 Å². The predicted molar refractivity (Wildman–Crippen MR) is 99.8 cm³/mol. The predicted octanol–water partition coefficient (Wildman–Crippen LogP) is 2.61. The minimum Gasteiger partial charge on any atom is -0.497 e. The Labute approximate surface area is 157 Å². The molecule has 0 bridgehead atoms. The number of hydrogen-bond donors (Lipinski definition) is 1. The maximum absolute atomic E-state index is 12.1. The number of nitrogens with one attached hydrogen (secondary N) is 1. The minimum absolute atomic E-state index is 0.149. The average Bonchev–Trinajstić information content (AvgIpc) is 3.03. The number of aromatic nitrogens is 2. The van der Waals surface area contributed by atoms with E-state index in [0.717, 1.165) is 11.4 Å². The van der Waals surface area contributed by atoms with Gasteiger partial charge in [-0.05, 0) is 32.9 Å². The summed E-state index contributed by atoms with van der Waals surface area (Å²) in [6.45, 7) is 5.46. The molecular weight excluding hydrogens is 350 g/mol. The first kappa shape index (κ1) is 20.0. The lowest BCUT2D eigenvalue weighted by molar-refractivity contribution is -0.146. The van der Waals surface area contributed by atoms with Crippen molar-refractivity contribution in [1.29, 1.82) is 0 Å². The van der Waals surface area contributed by atoms with E-state index >= 15 is 0 Å². The molecule has 0 aliphatic heterocycles. The molecule has 2 aromatic rings. The number of carbonyl (C=O) groups excluding carboxylic acids is 2. The largest absolute Gasteiger partial charge is 0.497 e. The van der Waals surface area contributed by atoms with Gasteiger partial charge in [0.15, 0.2) is 5.57 Å². The van der Waals surface area contributed by atoms with Crippen molar-refractivity contribution < 1.29 is 23.8 Å². The van der Waals surface area contributed by atoms with Crippen molar-refractivity contribution in [3.8, 4) is 11.4 Å². The van der Waals surface area contributed by atoms with Gasteiger partial charge < -0.3 is 19.5 Å². The zero-order chi connectivity index (χ0) is 19.8. The van der Waals surface area contributed by atoms with E-state index in [9.17, 15) is 9.59 Å². The van der Waals surface area contributed by atoms with Gasteiger partial charge in [-0.25, -0.2) is 14.3 Å². The van der Waals surface area contributed by atoms with Gasteiger partial charge in [0.2, 0.25) is 0 Å². The highest BCUT2D eigenvalue weighted by Crippen LogP contribution is 2.21. The molecule has 1 N–H and O–H groups in total. The SMILES string of the molecule is CCOC(=O)C(=CNc1cc(C)nn1-c1cccc(OC)c1)C(=O)OCC. The Morgan fingerprint density at radius 2 is 1.81 bits per heavy atom. The zero-order valence-electron chi connectivity index (χ0n) is 15.8. The molecule has 8 nitrogen and oxygen atoms in total. The quantitative estimate of drug-likeness (QED) is 0.329. The topological polar surface area (TPSA) is 91.7 Å². The van der Waals surface area contributed by atoms with Crippen molar-refractivity contribution in [3.63, 3.8) is 0 Å². The molecule has 0 unspecified atom stereocenters. The first-order chi connectivity index (χ1) is 13.0. The molecule has 144 valence electrons. The molecule has 1 heterocycles. The molecule has 8 heteroatoms. The van der Waals surface area contributed by atoms with Gasteiger partial charge in [0.25, 0.3) is 0 Å². The van der Waals surface area contributed by atoms with Crippen molar-refractivity contribution in [3.05, 3.63) is 47.8 Å². The van der Waals surface area contributed by atoms with Gasteiger partial charge in [0.05, 0.1) is 31.7 Å². The highest BCUT2D eigenvalue weighted by atomic mass is 16.6. The molecule has 0 spiro atoms. The Morgan fingerprint density at radius 1 is 1.15 bits per heavy atom. The van der Waals surface area contributed by atoms with Crippen molar-refractivity contribution in [1.82, 2.24) is 9.78 Å². The van der Waals surface area contributed by atoms with Crippen molar-refractivity contribution in [2.75, 3.05) is 25.6 Å². The van der Waals surface area contributed by atoms with Gasteiger partial charge in [0, 0.05) is 18.3 Å². The van der Waals surface area contributed by atoms with Crippen molar-refractivity contribution in [2.45, 2.75) is 20.8 Å². The standard InChI is InChI=1S/C19H23N3O5/c1-5-26-18(23)16(19(24)27-6-2)12-20-17-10-13(3)21-22(17)14-8-7-9-15(11-14)25-4/h7-12,20H,5-6H2,1-4H3. The van der Waals surface area contributed by atoms with Gasteiger partial charge in [0.1, 0.15) is 11.6 Å². The molecular formula is C19H23N3O5. The number of nitrogens with zero attached hydrogens (tertiary/aromatic N) is 2. The molecule has 0 aliphatic carbocycles. The summed E-state index contributed by atoms with van der Waals surface area (Å²) in [4.78, 5) is 24.1.